The molecule has 150 valence electrons. The minimum absolute atomic E-state index is 0.00524. The summed E-state index contributed by atoms with van der Waals surface area (Å²) in [5.41, 5.74) is 1.71. The van der Waals surface area contributed by atoms with Crippen LogP contribution < -0.4 is 0 Å². The SMILES string of the molecule is CC(C)N(Cc1nnc(-c2ccccc2Cl)o1)C(=O)C1CC1c1ccccc1Cl. The first-order chi connectivity index (χ1) is 14.0. The van der Waals surface area contributed by atoms with Crippen molar-refractivity contribution in [2.24, 2.45) is 5.92 Å². The standard InChI is InChI=1S/C22H21Cl2N3O2/c1-13(2)27(22(28)17-11-16(17)14-7-3-5-9-18(14)23)12-20-25-26-21(29-20)15-8-4-6-10-19(15)24/h3-10,13,16-17H,11-12H2,1-2H3. The summed E-state index contributed by atoms with van der Waals surface area (Å²) in [6.07, 6.45) is 0.806. The molecule has 2 unspecified atom stereocenters. The normalized spacial score (nSPS) is 18.1. The monoisotopic (exact) mass is 429 g/mol. The van der Waals surface area contributed by atoms with Crippen LogP contribution in [0.5, 0.6) is 0 Å². The Bertz CT molecular complexity index is 1030. The molecule has 1 aliphatic rings. The molecule has 2 atom stereocenters. The molecule has 4 rings (SSSR count). The summed E-state index contributed by atoms with van der Waals surface area (Å²) in [5, 5.41) is 9.47. The first-order valence-electron chi connectivity index (χ1n) is 9.58. The highest BCUT2D eigenvalue weighted by Crippen LogP contribution is 2.50. The highest BCUT2D eigenvalue weighted by Gasteiger charge is 2.47. The van der Waals surface area contributed by atoms with Gasteiger partial charge in [-0.1, -0.05) is 53.5 Å². The van der Waals surface area contributed by atoms with Gasteiger partial charge in [-0.05, 0) is 49.9 Å². The van der Waals surface area contributed by atoms with E-state index in [1.807, 2.05) is 56.3 Å². The molecule has 1 fully saturated rings. The Morgan fingerprint density at radius 3 is 2.48 bits per heavy atom. The zero-order chi connectivity index (χ0) is 20.5. The van der Waals surface area contributed by atoms with Crippen molar-refractivity contribution in [3.05, 3.63) is 70.0 Å². The highest BCUT2D eigenvalue weighted by molar-refractivity contribution is 6.33. The van der Waals surface area contributed by atoms with Crippen LogP contribution in [0.25, 0.3) is 11.5 Å². The van der Waals surface area contributed by atoms with Crippen LogP contribution >= 0.6 is 23.2 Å². The van der Waals surface area contributed by atoms with Gasteiger partial charge in [0.05, 0.1) is 17.1 Å². The molecule has 0 spiro atoms. The van der Waals surface area contributed by atoms with Gasteiger partial charge in [0.25, 0.3) is 0 Å². The van der Waals surface area contributed by atoms with E-state index in [9.17, 15) is 4.79 Å². The Hall–Kier alpha value is -2.37. The minimum atomic E-state index is -0.0664. The number of amides is 1. The van der Waals surface area contributed by atoms with Crippen LogP contribution in [0.1, 0.15) is 37.6 Å². The van der Waals surface area contributed by atoms with E-state index >= 15 is 0 Å². The molecule has 3 aromatic rings. The van der Waals surface area contributed by atoms with E-state index < -0.39 is 0 Å². The molecule has 0 saturated heterocycles. The smallest absolute Gasteiger partial charge is 0.249 e. The Kier molecular flexibility index (Phi) is 5.61. The molecule has 7 heteroatoms. The Morgan fingerprint density at radius 2 is 1.79 bits per heavy atom. The molecule has 0 radical (unpaired) electrons. The molecule has 0 bridgehead atoms. The highest BCUT2D eigenvalue weighted by atomic mass is 35.5. The maximum absolute atomic E-state index is 13.1. The van der Waals surface area contributed by atoms with Gasteiger partial charge in [-0.2, -0.15) is 0 Å². The predicted molar refractivity (Wildman–Crippen MR) is 113 cm³/mol. The van der Waals surface area contributed by atoms with Gasteiger partial charge in [0.1, 0.15) is 0 Å². The lowest BCUT2D eigenvalue weighted by molar-refractivity contribution is -0.135. The molecule has 5 nitrogen and oxygen atoms in total. The fourth-order valence-corrected chi connectivity index (χ4v) is 4.01. The zero-order valence-corrected chi connectivity index (χ0v) is 17.7. The van der Waals surface area contributed by atoms with E-state index in [4.69, 9.17) is 27.6 Å². The lowest BCUT2D eigenvalue weighted by Crippen LogP contribution is -2.37. The largest absolute Gasteiger partial charge is 0.419 e. The van der Waals surface area contributed by atoms with Crippen molar-refractivity contribution in [3.63, 3.8) is 0 Å². The topological polar surface area (TPSA) is 59.2 Å². The molecular formula is C22H21Cl2N3O2. The third-order valence-corrected chi connectivity index (χ3v) is 5.87. The van der Waals surface area contributed by atoms with Crippen molar-refractivity contribution in [1.82, 2.24) is 15.1 Å². The number of hydrogen-bond donors (Lipinski definition) is 0. The maximum atomic E-state index is 13.1. The van der Waals surface area contributed by atoms with E-state index in [-0.39, 0.29) is 30.3 Å². The fraction of sp³-hybridized carbons (Fsp3) is 0.318. The van der Waals surface area contributed by atoms with Gasteiger partial charge in [0, 0.05) is 17.0 Å². The summed E-state index contributed by atoms with van der Waals surface area (Å²) in [5.74, 6) is 0.920. The number of carbonyl (C=O) groups excluding carboxylic acids is 1. The number of nitrogens with zero attached hydrogens (tertiary/aromatic N) is 3. The molecule has 0 N–H and O–H groups in total. The third kappa shape index (κ3) is 4.16. The second kappa shape index (κ2) is 8.17. The molecule has 29 heavy (non-hydrogen) atoms. The van der Waals surface area contributed by atoms with Crippen LogP contribution in [0.4, 0.5) is 0 Å². The van der Waals surface area contributed by atoms with Crippen molar-refractivity contribution in [2.45, 2.75) is 38.8 Å². The van der Waals surface area contributed by atoms with Gasteiger partial charge in [-0.25, -0.2) is 0 Å². The lowest BCUT2D eigenvalue weighted by atomic mass is 10.1. The van der Waals surface area contributed by atoms with Crippen LogP contribution in [0.15, 0.2) is 52.9 Å². The second-order valence-electron chi connectivity index (χ2n) is 7.51. The number of hydrogen-bond acceptors (Lipinski definition) is 4. The summed E-state index contributed by atoms with van der Waals surface area (Å²) < 4.78 is 5.79. The maximum Gasteiger partial charge on any atom is 0.249 e. The van der Waals surface area contributed by atoms with Crippen molar-refractivity contribution in [1.29, 1.82) is 0 Å². The van der Waals surface area contributed by atoms with Gasteiger partial charge in [0.15, 0.2) is 0 Å². The second-order valence-corrected chi connectivity index (χ2v) is 8.33. The van der Waals surface area contributed by atoms with E-state index in [0.29, 0.717) is 27.4 Å². The Balaban J connectivity index is 1.49. The first kappa shape index (κ1) is 19.9. The minimum Gasteiger partial charge on any atom is -0.419 e. The average Bonchev–Trinajstić information content (AvgIpc) is 3.36. The third-order valence-electron chi connectivity index (χ3n) is 5.20. The first-order valence-corrected chi connectivity index (χ1v) is 10.3. The molecule has 0 aliphatic heterocycles. The number of halogens is 2. The van der Waals surface area contributed by atoms with Crippen molar-refractivity contribution >= 4 is 29.1 Å². The summed E-state index contributed by atoms with van der Waals surface area (Å²) in [6, 6.07) is 15.0. The Labute approximate surface area is 179 Å². The number of rotatable bonds is 6. The molecule has 1 amide bonds. The van der Waals surface area contributed by atoms with E-state index in [1.54, 1.807) is 11.0 Å². The molecule has 2 aromatic carbocycles. The van der Waals surface area contributed by atoms with E-state index in [2.05, 4.69) is 10.2 Å². The van der Waals surface area contributed by atoms with Crippen molar-refractivity contribution < 1.29 is 9.21 Å². The van der Waals surface area contributed by atoms with Gasteiger partial charge >= 0.3 is 0 Å². The molecule has 1 saturated carbocycles. The van der Waals surface area contributed by atoms with Gasteiger partial charge in [-0.3, -0.25) is 4.79 Å². The molecule has 1 aromatic heterocycles. The summed E-state index contributed by atoms with van der Waals surface area (Å²) in [7, 11) is 0. The number of aromatic nitrogens is 2. The summed E-state index contributed by atoms with van der Waals surface area (Å²) >= 11 is 12.5. The van der Waals surface area contributed by atoms with Gasteiger partial charge in [0.2, 0.25) is 17.7 Å². The average molecular weight is 430 g/mol. The Morgan fingerprint density at radius 1 is 1.10 bits per heavy atom. The van der Waals surface area contributed by atoms with Crippen LogP contribution in [0.2, 0.25) is 10.0 Å². The summed E-state index contributed by atoms with van der Waals surface area (Å²) in [6.45, 7) is 4.23. The molecule has 1 aliphatic carbocycles. The molecular weight excluding hydrogens is 409 g/mol. The quantitative estimate of drug-likeness (QED) is 0.512. The van der Waals surface area contributed by atoms with Crippen molar-refractivity contribution in [3.8, 4) is 11.5 Å². The predicted octanol–water partition coefficient (Wildman–Crippen LogP) is 5.58. The van der Waals surface area contributed by atoms with Crippen LogP contribution in [0, 0.1) is 5.92 Å². The molecule has 1 heterocycles. The van der Waals surface area contributed by atoms with E-state index in [0.717, 1.165) is 12.0 Å². The summed E-state index contributed by atoms with van der Waals surface area (Å²) in [4.78, 5) is 14.9. The lowest BCUT2D eigenvalue weighted by Gasteiger charge is -2.25. The van der Waals surface area contributed by atoms with Crippen LogP contribution in [-0.4, -0.2) is 27.0 Å². The van der Waals surface area contributed by atoms with Gasteiger partial charge < -0.3 is 9.32 Å². The van der Waals surface area contributed by atoms with Crippen molar-refractivity contribution in [2.75, 3.05) is 0 Å². The van der Waals surface area contributed by atoms with Gasteiger partial charge in [-0.15, -0.1) is 10.2 Å². The zero-order valence-electron chi connectivity index (χ0n) is 16.2. The van der Waals surface area contributed by atoms with Crippen LogP contribution in [-0.2, 0) is 11.3 Å². The number of benzene rings is 2. The van der Waals surface area contributed by atoms with E-state index in [1.165, 1.54) is 0 Å². The number of carbonyl (C=O) groups is 1. The fourth-order valence-electron chi connectivity index (χ4n) is 3.52. The van der Waals surface area contributed by atoms with Crippen LogP contribution in [0.3, 0.4) is 0 Å².